The maximum atomic E-state index is 13.6. The van der Waals surface area contributed by atoms with Crippen molar-refractivity contribution < 1.29 is 14.3 Å². The molecule has 9 heteroatoms. The van der Waals surface area contributed by atoms with Crippen molar-refractivity contribution in [2.45, 2.75) is 10.1 Å². The lowest BCUT2D eigenvalue weighted by atomic mass is 10.1. The number of nitrogens with zero attached hydrogens (tertiary/aromatic N) is 1. The third-order valence-electron chi connectivity index (χ3n) is 5.89. The molecule has 0 aliphatic heterocycles. The molecule has 1 atom stereocenters. The molecule has 0 bridgehead atoms. The quantitative estimate of drug-likeness (QED) is 0.170. The first-order valence-corrected chi connectivity index (χ1v) is 14.4. The molecule has 0 radical (unpaired) electrons. The van der Waals surface area contributed by atoms with E-state index in [1.165, 1.54) is 23.1 Å². The van der Waals surface area contributed by atoms with E-state index in [2.05, 4.69) is 15.6 Å². The minimum Gasteiger partial charge on any atom is -0.497 e. The molecule has 1 unspecified atom stereocenters. The number of benzene rings is 4. The molecular weight excluding hydrogens is 562 g/mol. The fraction of sp³-hybridized carbons (Fsp3) is 0.0645. The van der Waals surface area contributed by atoms with Gasteiger partial charge in [-0.3, -0.25) is 9.59 Å². The summed E-state index contributed by atoms with van der Waals surface area (Å²) in [5.74, 6) is 0.307. The smallest absolute Gasteiger partial charge is 0.255 e. The molecule has 40 heavy (non-hydrogen) atoms. The molecule has 1 aromatic heterocycles. The number of methoxy groups -OCH3 is 1. The van der Waals surface area contributed by atoms with E-state index >= 15 is 0 Å². The normalized spacial score (nSPS) is 11.4. The predicted molar refractivity (Wildman–Crippen MR) is 164 cm³/mol. The van der Waals surface area contributed by atoms with Gasteiger partial charge in [0, 0.05) is 32.1 Å². The van der Waals surface area contributed by atoms with Crippen LogP contribution in [-0.2, 0) is 4.79 Å². The summed E-state index contributed by atoms with van der Waals surface area (Å²) in [6, 6.07) is 31.4. The topological polar surface area (TPSA) is 80.3 Å². The van der Waals surface area contributed by atoms with Crippen molar-refractivity contribution in [3.63, 3.8) is 0 Å². The molecule has 1 heterocycles. The average molecular weight is 586 g/mol. The third-order valence-corrected chi connectivity index (χ3v) is 8.13. The van der Waals surface area contributed by atoms with Gasteiger partial charge >= 0.3 is 0 Å². The second kappa shape index (κ2) is 12.8. The third kappa shape index (κ3) is 6.90. The van der Waals surface area contributed by atoms with Crippen LogP contribution >= 0.6 is 34.7 Å². The van der Waals surface area contributed by atoms with E-state index in [-0.39, 0.29) is 11.8 Å². The number of amides is 2. The van der Waals surface area contributed by atoms with E-state index in [1.54, 1.807) is 37.4 Å². The van der Waals surface area contributed by atoms with Gasteiger partial charge in [0.2, 0.25) is 5.91 Å². The number of carbonyl (C=O) groups is 2. The van der Waals surface area contributed by atoms with Crippen LogP contribution in [0.15, 0.2) is 113 Å². The molecule has 0 saturated heterocycles. The van der Waals surface area contributed by atoms with Crippen molar-refractivity contribution in [1.82, 2.24) is 4.98 Å². The maximum Gasteiger partial charge on any atom is 0.255 e. The Labute approximate surface area is 245 Å². The zero-order chi connectivity index (χ0) is 27.9. The summed E-state index contributed by atoms with van der Waals surface area (Å²) in [6.45, 7) is 0. The number of carbonyl (C=O) groups excluding carboxylic acids is 2. The molecule has 0 spiro atoms. The summed E-state index contributed by atoms with van der Waals surface area (Å²) < 4.78 is 5.23. The fourth-order valence-electron chi connectivity index (χ4n) is 3.91. The number of halogens is 1. The van der Waals surface area contributed by atoms with Gasteiger partial charge < -0.3 is 15.4 Å². The van der Waals surface area contributed by atoms with Crippen molar-refractivity contribution in [3.8, 4) is 17.0 Å². The minimum atomic E-state index is -0.548. The highest BCUT2D eigenvalue weighted by Crippen LogP contribution is 2.38. The van der Waals surface area contributed by atoms with Crippen molar-refractivity contribution in [3.05, 3.63) is 125 Å². The van der Waals surface area contributed by atoms with Crippen LogP contribution in [0.25, 0.3) is 11.3 Å². The lowest BCUT2D eigenvalue weighted by molar-refractivity contribution is -0.115. The number of hydrogen-bond acceptors (Lipinski definition) is 6. The molecule has 0 aliphatic rings. The monoisotopic (exact) mass is 585 g/mol. The van der Waals surface area contributed by atoms with Gasteiger partial charge in [-0.25, -0.2) is 4.98 Å². The minimum absolute atomic E-state index is 0.194. The largest absolute Gasteiger partial charge is 0.497 e. The molecule has 6 nitrogen and oxygen atoms in total. The van der Waals surface area contributed by atoms with Crippen molar-refractivity contribution in [2.75, 3.05) is 17.7 Å². The van der Waals surface area contributed by atoms with Crippen LogP contribution in [-0.4, -0.2) is 23.9 Å². The number of hydrogen-bond donors (Lipinski definition) is 2. The van der Waals surface area contributed by atoms with E-state index in [4.69, 9.17) is 16.3 Å². The number of anilines is 2. The number of thiazole rings is 1. The predicted octanol–water partition coefficient (Wildman–Crippen LogP) is 8.20. The van der Waals surface area contributed by atoms with Gasteiger partial charge in [-0.1, -0.05) is 54.1 Å². The number of thioether (sulfide) groups is 1. The highest BCUT2D eigenvalue weighted by Gasteiger charge is 2.23. The lowest BCUT2D eigenvalue weighted by Gasteiger charge is -2.17. The van der Waals surface area contributed by atoms with Crippen molar-refractivity contribution in [1.29, 1.82) is 0 Å². The van der Waals surface area contributed by atoms with Crippen molar-refractivity contribution >= 4 is 57.3 Å². The molecule has 0 fully saturated rings. The Morgan fingerprint density at radius 2 is 1.68 bits per heavy atom. The maximum absolute atomic E-state index is 13.6. The van der Waals surface area contributed by atoms with Gasteiger partial charge in [0.15, 0.2) is 5.13 Å². The number of ether oxygens (including phenoxy) is 1. The first-order valence-electron chi connectivity index (χ1n) is 12.3. The summed E-state index contributed by atoms with van der Waals surface area (Å²) in [5.41, 5.74) is 3.64. The van der Waals surface area contributed by atoms with Crippen LogP contribution in [0.4, 0.5) is 10.8 Å². The summed E-state index contributed by atoms with van der Waals surface area (Å²) >= 11 is 8.80. The van der Waals surface area contributed by atoms with E-state index in [1.807, 2.05) is 78.2 Å². The first-order chi connectivity index (χ1) is 19.5. The molecule has 2 amide bonds. The Morgan fingerprint density at radius 3 is 2.42 bits per heavy atom. The average Bonchev–Trinajstić information content (AvgIpc) is 3.45. The molecule has 5 aromatic rings. The molecule has 5 rings (SSSR count). The van der Waals surface area contributed by atoms with Gasteiger partial charge in [0.05, 0.1) is 12.8 Å². The standard InChI is InChI=1S/C31H24ClN3O3S2/c1-38-25-15-13-20(14-16-25)27-19-39-31(34-27)35-30(37)28(21-7-3-2-4-8-21)40-26-12-6-11-24(18-26)33-29(36)22-9-5-10-23(32)17-22/h2-19,28H,1H3,(H,33,36)(H,34,35,37). The van der Waals surface area contributed by atoms with Crippen LogP contribution < -0.4 is 15.4 Å². The highest BCUT2D eigenvalue weighted by molar-refractivity contribution is 8.00. The zero-order valence-corrected chi connectivity index (χ0v) is 23.7. The van der Waals surface area contributed by atoms with Gasteiger partial charge in [0.1, 0.15) is 11.0 Å². The number of nitrogens with one attached hydrogen (secondary N) is 2. The van der Waals surface area contributed by atoms with E-state index < -0.39 is 5.25 Å². The van der Waals surface area contributed by atoms with E-state index in [0.717, 1.165) is 27.5 Å². The summed E-state index contributed by atoms with van der Waals surface area (Å²) in [4.78, 5) is 31.7. The first kappa shape index (κ1) is 27.5. The van der Waals surface area contributed by atoms with Gasteiger partial charge in [-0.2, -0.15) is 0 Å². The Balaban J connectivity index is 1.33. The molecule has 0 aliphatic carbocycles. The second-order valence-electron chi connectivity index (χ2n) is 8.66. The second-order valence-corrected chi connectivity index (χ2v) is 11.1. The Morgan fingerprint density at radius 1 is 0.900 bits per heavy atom. The highest BCUT2D eigenvalue weighted by atomic mass is 35.5. The Bertz CT molecular complexity index is 1620. The van der Waals surface area contributed by atoms with Crippen LogP contribution in [0.2, 0.25) is 5.02 Å². The van der Waals surface area contributed by atoms with Crippen molar-refractivity contribution in [2.24, 2.45) is 0 Å². The van der Waals surface area contributed by atoms with E-state index in [9.17, 15) is 9.59 Å². The Hall–Kier alpha value is -4.11. The number of rotatable bonds is 9. The zero-order valence-electron chi connectivity index (χ0n) is 21.3. The van der Waals surface area contributed by atoms with Gasteiger partial charge in [-0.05, 0) is 66.2 Å². The molecule has 2 N–H and O–H groups in total. The number of aromatic nitrogens is 1. The lowest BCUT2D eigenvalue weighted by Crippen LogP contribution is -2.19. The van der Waals surface area contributed by atoms with Crippen LogP contribution in [0.5, 0.6) is 5.75 Å². The Kier molecular flexibility index (Phi) is 8.81. The van der Waals surface area contributed by atoms with E-state index in [0.29, 0.717) is 21.4 Å². The van der Waals surface area contributed by atoms with Crippen LogP contribution in [0, 0.1) is 0 Å². The summed E-state index contributed by atoms with van der Waals surface area (Å²) in [7, 11) is 1.63. The molecule has 0 saturated carbocycles. The molecular formula is C31H24ClN3O3S2. The summed E-state index contributed by atoms with van der Waals surface area (Å²) in [5, 5.41) is 8.26. The fourth-order valence-corrected chi connectivity index (χ4v) is 5.91. The molecule has 200 valence electrons. The van der Waals surface area contributed by atoms with Gasteiger partial charge in [-0.15, -0.1) is 23.1 Å². The molecule has 4 aromatic carbocycles. The van der Waals surface area contributed by atoms with Crippen LogP contribution in [0.1, 0.15) is 21.2 Å². The van der Waals surface area contributed by atoms with Crippen LogP contribution in [0.3, 0.4) is 0 Å². The summed E-state index contributed by atoms with van der Waals surface area (Å²) in [6.07, 6.45) is 0. The SMILES string of the molecule is COc1ccc(-c2csc(NC(=O)C(Sc3cccc(NC(=O)c4cccc(Cl)c4)c3)c3ccccc3)n2)cc1. The van der Waals surface area contributed by atoms with Gasteiger partial charge in [0.25, 0.3) is 5.91 Å².